The lowest BCUT2D eigenvalue weighted by Gasteiger charge is -2.14. The Kier molecular flexibility index (Phi) is 5.90. The number of carbonyl (C=O) groups is 1. The molecule has 0 saturated heterocycles. The van der Waals surface area contributed by atoms with Gasteiger partial charge in [0.25, 0.3) is 5.91 Å². The molecule has 5 heteroatoms. The van der Waals surface area contributed by atoms with Crippen LogP contribution in [0.2, 0.25) is 0 Å². The maximum Gasteiger partial charge on any atom is 0.262 e. The summed E-state index contributed by atoms with van der Waals surface area (Å²) < 4.78 is 2.88. The predicted octanol–water partition coefficient (Wildman–Crippen LogP) is 5.02. The van der Waals surface area contributed by atoms with Crippen molar-refractivity contribution in [3.05, 3.63) is 94.2 Å². The Balaban J connectivity index is 1.84. The molecular weight excluding hydrogens is 402 g/mol. The largest absolute Gasteiger partial charge is 0.345 e. The van der Waals surface area contributed by atoms with Crippen molar-refractivity contribution in [3.8, 4) is 11.8 Å². The second-order valence-electron chi connectivity index (χ2n) is 6.06. The minimum atomic E-state index is -0.393. The fourth-order valence-electron chi connectivity index (χ4n) is 2.77. The van der Waals surface area contributed by atoms with E-state index in [0.717, 1.165) is 21.4 Å². The molecule has 3 rings (SSSR count). The Morgan fingerprint density at radius 1 is 1.15 bits per heavy atom. The molecule has 134 valence electrons. The molecule has 0 saturated carbocycles. The van der Waals surface area contributed by atoms with Crippen molar-refractivity contribution in [2.75, 3.05) is 0 Å². The zero-order valence-corrected chi connectivity index (χ0v) is 16.3. The molecule has 1 amide bonds. The third kappa shape index (κ3) is 4.55. The Bertz CT molecular complexity index is 1020. The van der Waals surface area contributed by atoms with Crippen LogP contribution in [0, 0.1) is 11.3 Å². The highest BCUT2D eigenvalue weighted by Crippen LogP contribution is 2.20. The zero-order chi connectivity index (χ0) is 19.2. The third-order valence-corrected chi connectivity index (χ3v) is 4.66. The van der Waals surface area contributed by atoms with Crippen molar-refractivity contribution in [2.24, 2.45) is 0 Å². The molecule has 0 bridgehead atoms. The fraction of sp³-hybridized carbons (Fsp3) is 0.0909. The number of nitrogens with one attached hydrogen (secondary N) is 1. The molecule has 1 atom stereocenters. The van der Waals surface area contributed by atoms with E-state index < -0.39 is 5.91 Å². The number of nitrogens with zero attached hydrogens (tertiary/aromatic N) is 2. The SMILES string of the molecule is C[C@H](NC(=O)/C(C#N)=C\c1cccn1-c1cccc(Br)c1)c1ccccc1. The summed E-state index contributed by atoms with van der Waals surface area (Å²) in [5, 5.41) is 12.4. The monoisotopic (exact) mass is 419 g/mol. The van der Waals surface area contributed by atoms with Gasteiger partial charge in [0.15, 0.2) is 0 Å². The first-order valence-electron chi connectivity index (χ1n) is 8.49. The Morgan fingerprint density at radius 2 is 1.93 bits per heavy atom. The van der Waals surface area contributed by atoms with E-state index in [1.165, 1.54) is 0 Å². The molecule has 0 radical (unpaired) electrons. The molecule has 0 unspecified atom stereocenters. The number of hydrogen-bond acceptors (Lipinski definition) is 2. The molecule has 0 aliphatic rings. The molecule has 1 heterocycles. The predicted molar refractivity (Wildman–Crippen MR) is 110 cm³/mol. The van der Waals surface area contributed by atoms with Gasteiger partial charge in [-0.15, -0.1) is 0 Å². The van der Waals surface area contributed by atoms with Crippen LogP contribution in [-0.4, -0.2) is 10.5 Å². The second kappa shape index (κ2) is 8.52. The minimum Gasteiger partial charge on any atom is -0.345 e. The molecule has 0 aliphatic heterocycles. The molecule has 2 aromatic carbocycles. The summed E-state index contributed by atoms with van der Waals surface area (Å²) in [6, 6.07) is 23.0. The van der Waals surface area contributed by atoms with Gasteiger partial charge in [0.05, 0.1) is 6.04 Å². The van der Waals surface area contributed by atoms with Gasteiger partial charge in [0.1, 0.15) is 11.6 Å². The summed E-state index contributed by atoms with van der Waals surface area (Å²) >= 11 is 3.46. The third-order valence-electron chi connectivity index (χ3n) is 4.17. The quantitative estimate of drug-likeness (QED) is 0.465. The van der Waals surface area contributed by atoms with Gasteiger partial charge in [-0.3, -0.25) is 4.79 Å². The summed E-state index contributed by atoms with van der Waals surface area (Å²) in [5.41, 5.74) is 2.75. The molecule has 3 aromatic rings. The number of amides is 1. The van der Waals surface area contributed by atoms with Gasteiger partial charge in [-0.2, -0.15) is 5.26 Å². The molecule has 0 aliphatic carbocycles. The van der Waals surface area contributed by atoms with Gasteiger partial charge < -0.3 is 9.88 Å². The number of aromatic nitrogens is 1. The standard InChI is InChI=1S/C22H18BrN3O/c1-16(17-7-3-2-4-8-17)25-22(27)18(15-24)13-20-11-6-12-26(20)21-10-5-9-19(23)14-21/h2-14,16H,1H3,(H,25,27)/b18-13-/t16-/m0/s1. The molecule has 4 nitrogen and oxygen atoms in total. The van der Waals surface area contributed by atoms with E-state index in [-0.39, 0.29) is 11.6 Å². The van der Waals surface area contributed by atoms with Crippen LogP contribution in [0.25, 0.3) is 11.8 Å². The average Bonchev–Trinajstić information content (AvgIpc) is 3.15. The van der Waals surface area contributed by atoms with Crippen LogP contribution in [0.15, 0.2) is 83.0 Å². The van der Waals surface area contributed by atoms with Crippen molar-refractivity contribution in [1.82, 2.24) is 9.88 Å². The van der Waals surface area contributed by atoms with Crippen LogP contribution in [0.3, 0.4) is 0 Å². The summed E-state index contributed by atoms with van der Waals surface area (Å²) in [7, 11) is 0. The van der Waals surface area contributed by atoms with Crippen molar-refractivity contribution in [3.63, 3.8) is 0 Å². The zero-order valence-electron chi connectivity index (χ0n) is 14.8. The maximum absolute atomic E-state index is 12.6. The maximum atomic E-state index is 12.6. The van der Waals surface area contributed by atoms with Crippen molar-refractivity contribution >= 4 is 27.9 Å². The van der Waals surface area contributed by atoms with Crippen LogP contribution in [0.1, 0.15) is 24.2 Å². The van der Waals surface area contributed by atoms with Gasteiger partial charge in [-0.1, -0.05) is 52.3 Å². The van der Waals surface area contributed by atoms with E-state index in [9.17, 15) is 10.1 Å². The van der Waals surface area contributed by atoms with Crippen molar-refractivity contribution < 1.29 is 4.79 Å². The first-order valence-corrected chi connectivity index (χ1v) is 9.28. The van der Waals surface area contributed by atoms with Crippen molar-refractivity contribution in [2.45, 2.75) is 13.0 Å². The number of benzene rings is 2. The molecular formula is C22H18BrN3O. The lowest BCUT2D eigenvalue weighted by molar-refractivity contribution is -0.117. The van der Waals surface area contributed by atoms with Crippen LogP contribution in [0.5, 0.6) is 0 Å². The van der Waals surface area contributed by atoms with E-state index in [1.54, 1.807) is 6.08 Å². The summed E-state index contributed by atoms with van der Waals surface area (Å²) in [5.74, 6) is -0.393. The fourth-order valence-corrected chi connectivity index (χ4v) is 3.16. The Hall–Kier alpha value is -3.10. The lowest BCUT2D eigenvalue weighted by Crippen LogP contribution is -2.27. The Morgan fingerprint density at radius 3 is 2.63 bits per heavy atom. The first-order chi connectivity index (χ1) is 13.1. The van der Waals surface area contributed by atoms with Crippen LogP contribution >= 0.6 is 15.9 Å². The highest BCUT2D eigenvalue weighted by Gasteiger charge is 2.14. The molecule has 0 fully saturated rings. The molecule has 0 spiro atoms. The van der Waals surface area contributed by atoms with Gasteiger partial charge in [-0.05, 0) is 48.9 Å². The number of rotatable bonds is 5. The smallest absolute Gasteiger partial charge is 0.262 e. The lowest BCUT2D eigenvalue weighted by atomic mass is 10.1. The summed E-state index contributed by atoms with van der Waals surface area (Å²) in [6.07, 6.45) is 3.50. The normalized spacial score (nSPS) is 12.3. The number of hydrogen-bond donors (Lipinski definition) is 1. The van der Waals surface area contributed by atoms with Gasteiger partial charge in [-0.25, -0.2) is 0 Å². The average molecular weight is 420 g/mol. The molecule has 1 N–H and O–H groups in total. The first kappa shape index (κ1) is 18.7. The van der Waals surface area contributed by atoms with E-state index in [0.29, 0.717) is 0 Å². The van der Waals surface area contributed by atoms with E-state index in [1.807, 2.05) is 90.5 Å². The van der Waals surface area contributed by atoms with E-state index >= 15 is 0 Å². The van der Waals surface area contributed by atoms with Crippen LogP contribution in [0.4, 0.5) is 0 Å². The van der Waals surface area contributed by atoms with Gasteiger partial charge in [0.2, 0.25) is 0 Å². The molecule has 27 heavy (non-hydrogen) atoms. The van der Waals surface area contributed by atoms with Crippen LogP contribution in [-0.2, 0) is 4.79 Å². The van der Waals surface area contributed by atoms with E-state index in [2.05, 4.69) is 21.2 Å². The number of nitriles is 1. The minimum absolute atomic E-state index is 0.0627. The van der Waals surface area contributed by atoms with Gasteiger partial charge >= 0.3 is 0 Å². The molecule has 1 aromatic heterocycles. The van der Waals surface area contributed by atoms with Crippen molar-refractivity contribution in [1.29, 1.82) is 5.26 Å². The number of carbonyl (C=O) groups excluding carboxylic acids is 1. The van der Waals surface area contributed by atoms with Crippen LogP contribution < -0.4 is 5.32 Å². The Labute approximate surface area is 166 Å². The second-order valence-corrected chi connectivity index (χ2v) is 6.97. The van der Waals surface area contributed by atoms with E-state index in [4.69, 9.17) is 0 Å². The highest BCUT2D eigenvalue weighted by molar-refractivity contribution is 9.10. The van der Waals surface area contributed by atoms with Gasteiger partial charge in [0, 0.05) is 22.1 Å². The topological polar surface area (TPSA) is 57.8 Å². The number of halogens is 1. The summed E-state index contributed by atoms with van der Waals surface area (Å²) in [4.78, 5) is 12.6. The highest BCUT2D eigenvalue weighted by atomic mass is 79.9. The summed E-state index contributed by atoms with van der Waals surface area (Å²) in [6.45, 7) is 1.90.